The van der Waals surface area contributed by atoms with Gasteiger partial charge in [0.15, 0.2) is 0 Å². The maximum Gasteiger partial charge on any atom is 0.0651 e. The third-order valence-electron chi connectivity index (χ3n) is 3.66. The fraction of sp³-hybridized carbons (Fsp3) is 1.00. The average molecular weight is 184 g/mol. The van der Waals surface area contributed by atoms with Gasteiger partial charge in [-0.3, -0.25) is 4.90 Å². The van der Waals surface area contributed by atoms with E-state index in [0.29, 0.717) is 11.5 Å². The third-order valence-corrected chi connectivity index (χ3v) is 3.66. The molecule has 0 aromatic rings. The van der Waals surface area contributed by atoms with Crippen LogP contribution in [0.2, 0.25) is 0 Å². The first kappa shape index (κ1) is 9.44. The number of nitrogens with one attached hydrogen (secondary N) is 1. The molecule has 2 rings (SSSR count). The number of piperazine rings is 1. The van der Waals surface area contributed by atoms with E-state index >= 15 is 0 Å². The first-order valence-electron chi connectivity index (χ1n) is 5.27. The molecular formula is C10H20N2O. The summed E-state index contributed by atoms with van der Waals surface area (Å²) < 4.78 is 5.56. The molecule has 0 unspecified atom stereocenters. The van der Waals surface area contributed by atoms with E-state index in [1.807, 2.05) is 0 Å². The van der Waals surface area contributed by atoms with Gasteiger partial charge in [0.05, 0.1) is 13.2 Å². The molecular weight excluding hydrogens is 164 g/mol. The molecule has 0 aromatic heterocycles. The smallest absolute Gasteiger partial charge is 0.0651 e. The Balaban J connectivity index is 2.03. The molecule has 13 heavy (non-hydrogen) atoms. The van der Waals surface area contributed by atoms with Gasteiger partial charge >= 0.3 is 0 Å². The molecule has 3 heteroatoms. The first-order valence-corrected chi connectivity index (χ1v) is 5.27. The molecule has 3 nitrogen and oxygen atoms in total. The molecule has 0 radical (unpaired) electrons. The molecule has 0 spiro atoms. The largest absolute Gasteiger partial charge is 0.379 e. The highest BCUT2D eigenvalue weighted by molar-refractivity contribution is 4.96. The highest BCUT2D eigenvalue weighted by Gasteiger charge is 2.42. The van der Waals surface area contributed by atoms with Crippen molar-refractivity contribution in [3.05, 3.63) is 0 Å². The summed E-state index contributed by atoms with van der Waals surface area (Å²) in [5.41, 5.74) is 0.294. The van der Waals surface area contributed by atoms with Crippen molar-refractivity contribution in [2.75, 3.05) is 39.4 Å². The van der Waals surface area contributed by atoms with Crippen LogP contribution in [-0.4, -0.2) is 49.8 Å². The van der Waals surface area contributed by atoms with E-state index in [9.17, 15) is 0 Å². The van der Waals surface area contributed by atoms with Crippen molar-refractivity contribution in [1.29, 1.82) is 0 Å². The zero-order chi connectivity index (χ0) is 9.31. The predicted octanol–water partition coefficient (Wildman–Crippen LogP) is 0.317. The molecule has 76 valence electrons. The van der Waals surface area contributed by atoms with Crippen LogP contribution >= 0.6 is 0 Å². The van der Waals surface area contributed by atoms with Crippen LogP contribution in [-0.2, 0) is 4.74 Å². The minimum Gasteiger partial charge on any atom is -0.379 e. The van der Waals surface area contributed by atoms with Crippen molar-refractivity contribution in [3.63, 3.8) is 0 Å². The van der Waals surface area contributed by atoms with Crippen LogP contribution in [0.15, 0.2) is 0 Å². The SMILES string of the molecule is C[C@H]1COC[C@@]1(C)N1CCNCC1. The van der Waals surface area contributed by atoms with Gasteiger partial charge < -0.3 is 10.1 Å². The maximum absolute atomic E-state index is 5.56. The number of nitrogens with zero attached hydrogens (tertiary/aromatic N) is 1. The van der Waals surface area contributed by atoms with Gasteiger partial charge in [-0.15, -0.1) is 0 Å². The highest BCUT2D eigenvalue weighted by atomic mass is 16.5. The molecule has 2 fully saturated rings. The van der Waals surface area contributed by atoms with Crippen molar-refractivity contribution in [3.8, 4) is 0 Å². The van der Waals surface area contributed by atoms with Crippen LogP contribution in [0.25, 0.3) is 0 Å². The van der Waals surface area contributed by atoms with Crippen molar-refractivity contribution >= 4 is 0 Å². The van der Waals surface area contributed by atoms with Crippen molar-refractivity contribution in [2.45, 2.75) is 19.4 Å². The van der Waals surface area contributed by atoms with Gasteiger partial charge in [0.2, 0.25) is 0 Å². The average Bonchev–Trinajstić information content (AvgIpc) is 2.50. The first-order chi connectivity index (χ1) is 6.23. The Morgan fingerprint density at radius 1 is 1.38 bits per heavy atom. The fourth-order valence-electron chi connectivity index (χ4n) is 2.34. The molecule has 0 aliphatic carbocycles. The van der Waals surface area contributed by atoms with Crippen LogP contribution in [0.3, 0.4) is 0 Å². The lowest BCUT2D eigenvalue weighted by atomic mass is 9.88. The summed E-state index contributed by atoms with van der Waals surface area (Å²) in [6.45, 7) is 11.1. The minimum absolute atomic E-state index is 0.294. The van der Waals surface area contributed by atoms with E-state index in [2.05, 4.69) is 24.1 Å². The number of hydrogen-bond acceptors (Lipinski definition) is 3. The molecule has 0 bridgehead atoms. The summed E-state index contributed by atoms with van der Waals surface area (Å²) in [4.78, 5) is 2.58. The van der Waals surface area contributed by atoms with Gasteiger partial charge in [-0.2, -0.15) is 0 Å². The van der Waals surface area contributed by atoms with E-state index in [1.54, 1.807) is 0 Å². The number of ether oxygens (including phenoxy) is 1. The number of hydrogen-bond donors (Lipinski definition) is 1. The Morgan fingerprint density at radius 3 is 2.62 bits per heavy atom. The standard InChI is InChI=1S/C10H20N2O/c1-9-7-13-8-10(9,2)12-5-3-11-4-6-12/h9,11H,3-8H2,1-2H3/t9-,10+/m0/s1. The summed E-state index contributed by atoms with van der Waals surface area (Å²) in [5.74, 6) is 0.672. The summed E-state index contributed by atoms with van der Waals surface area (Å²) in [6.07, 6.45) is 0. The van der Waals surface area contributed by atoms with E-state index < -0.39 is 0 Å². The van der Waals surface area contributed by atoms with Crippen LogP contribution in [0, 0.1) is 5.92 Å². The molecule has 2 saturated heterocycles. The van der Waals surface area contributed by atoms with Gasteiger partial charge in [0, 0.05) is 31.7 Å². The highest BCUT2D eigenvalue weighted by Crippen LogP contribution is 2.31. The van der Waals surface area contributed by atoms with Crippen molar-refractivity contribution < 1.29 is 4.74 Å². The molecule has 1 N–H and O–H groups in total. The van der Waals surface area contributed by atoms with Gasteiger partial charge in [-0.1, -0.05) is 6.92 Å². The predicted molar refractivity (Wildman–Crippen MR) is 52.8 cm³/mol. The van der Waals surface area contributed by atoms with Crippen LogP contribution < -0.4 is 5.32 Å². The van der Waals surface area contributed by atoms with Crippen LogP contribution in [0.4, 0.5) is 0 Å². The molecule has 2 aliphatic heterocycles. The van der Waals surface area contributed by atoms with E-state index in [4.69, 9.17) is 4.74 Å². The van der Waals surface area contributed by atoms with Gasteiger partial charge in [-0.25, -0.2) is 0 Å². The van der Waals surface area contributed by atoms with Gasteiger partial charge in [0.25, 0.3) is 0 Å². The molecule has 0 amide bonds. The minimum atomic E-state index is 0.294. The zero-order valence-corrected chi connectivity index (χ0v) is 8.68. The van der Waals surface area contributed by atoms with Crippen molar-refractivity contribution in [1.82, 2.24) is 10.2 Å². The molecule has 2 heterocycles. The van der Waals surface area contributed by atoms with Gasteiger partial charge in [-0.05, 0) is 12.8 Å². The number of rotatable bonds is 1. The Morgan fingerprint density at radius 2 is 2.08 bits per heavy atom. The molecule has 2 aliphatic rings. The van der Waals surface area contributed by atoms with Crippen LogP contribution in [0.5, 0.6) is 0 Å². The topological polar surface area (TPSA) is 24.5 Å². The second-order valence-corrected chi connectivity index (χ2v) is 4.51. The fourth-order valence-corrected chi connectivity index (χ4v) is 2.34. The quantitative estimate of drug-likeness (QED) is 0.635. The summed E-state index contributed by atoms with van der Waals surface area (Å²) in [5, 5.41) is 3.39. The van der Waals surface area contributed by atoms with E-state index in [0.717, 1.165) is 26.3 Å². The molecule has 0 saturated carbocycles. The maximum atomic E-state index is 5.56. The third kappa shape index (κ3) is 1.60. The Bertz CT molecular complexity index is 180. The van der Waals surface area contributed by atoms with Crippen molar-refractivity contribution in [2.24, 2.45) is 5.92 Å². The molecule has 2 atom stereocenters. The lowest BCUT2D eigenvalue weighted by molar-refractivity contribution is 0.0544. The monoisotopic (exact) mass is 184 g/mol. The van der Waals surface area contributed by atoms with Gasteiger partial charge in [0.1, 0.15) is 0 Å². The summed E-state index contributed by atoms with van der Waals surface area (Å²) in [6, 6.07) is 0. The lowest BCUT2D eigenvalue weighted by Crippen LogP contribution is -2.57. The van der Waals surface area contributed by atoms with E-state index in [-0.39, 0.29) is 0 Å². The lowest BCUT2D eigenvalue weighted by Gasteiger charge is -2.42. The summed E-state index contributed by atoms with van der Waals surface area (Å²) >= 11 is 0. The Kier molecular flexibility index (Phi) is 2.58. The molecule has 0 aromatic carbocycles. The van der Waals surface area contributed by atoms with Crippen LogP contribution in [0.1, 0.15) is 13.8 Å². The second-order valence-electron chi connectivity index (χ2n) is 4.51. The Labute approximate surface area is 80.4 Å². The second kappa shape index (κ2) is 3.56. The normalized spacial score (nSPS) is 42.5. The zero-order valence-electron chi connectivity index (χ0n) is 8.68. The van der Waals surface area contributed by atoms with E-state index in [1.165, 1.54) is 13.1 Å². The summed E-state index contributed by atoms with van der Waals surface area (Å²) in [7, 11) is 0. The Hall–Kier alpha value is -0.120.